The van der Waals surface area contributed by atoms with E-state index in [4.69, 9.17) is 10.5 Å². The molecule has 0 atom stereocenters. The van der Waals surface area contributed by atoms with Gasteiger partial charge >= 0.3 is 0 Å². The zero-order chi connectivity index (χ0) is 20.7. The van der Waals surface area contributed by atoms with Crippen LogP contribution in [0.4, 0.5) is 5.69 Å². The van der Waals surface area contributed by atoms with E-state index in [1.54, 1.807) is 24.3 Å². The lowest BCUT2D eigenvalue weighted by molar-refractivity contribution is -0.119. The number of carbonyl (C=O) groups is 2. The van der Waals surface area contributed by atoms with Gasteiger partial charge < -0.3 is 10.5 Å². The zero-order valence-electron chi connectivity index (χ0n) is 15.3. The fourth-order valence-electron chi connectivity index (χ4n) is 2.05. The topological polar surface area (TPSA) is 131 Å². The van der Waals surface area contributed by atoms with Crippen molar-refractivity contribution in [3.05, 3.63) is 59.7 Å². The van der Waals surface area contributed by atoms with E-state index in [0.29, 0.717) is 22.6 Å². The number of hydrogen-bond acceptors (Lipinski definition) is 6. The first kappa shape index (κ1) is 20.9. The number of benzene rings is 2. The number of nitrogens with zero attached hydrogens (tertiary/aromatic N) is 2. The van der Waals surface area contributed by atoms with Gasteiger partial charge in [0.05, 0.1) is 18.2 Å². The number of hydrazone groups is 1. The van der Waals surface area contributed by atoms with Crippen LogP contribution in [-0.4, -0.2) is 46.4 Å². The van der Waals surface area contributed by atoms with Crippen molar-refractivity contribution in [3.63, 3.8) is 0 Å². The van der Waals surface area contributed by atoms with Gasteiger partial charge in [0.2, 0.25) is 10.0 Å². The van der Waals surface area contributed by atoms with Gasteiger partial charge in [-0.15, -0.1) is 0 Å². The third kappa shape index (κ3) is 6.09. The molecular weight excluding hydrogens is 384 g/mol. The monoisotopic (exact) mass is 404 g/mol. The highest BCUT2D eigenvalue weighted by Crippen LogP contribution is 2.16. The Labute approximate surface area is 162 Å². The molecule has 0 heterocycles. The van der Waals surface area contributed by atoms with Gasteiger partial charge in [0, 0.05) is 12.6 Å². The van der Waals surface area contributed by atoms with E-state index in [9.17, 15) is 18.0 Å². The first-order valence-corrected chi connectivity index (χ1v) is 9.90. The largest absolute Gasteiger partial charge is 0.484 e. The van der Waals surface area contributed by atoms with E-state index < -0.39 is 21.8 Å². The maximum Gasteiger partial charge on any atom is 0.271 e. The summed E-state index contributed by atoms with van der Waals surface area (Å²) in [7, 11) is -1.94. The van der Waals surface area contributed by atoms with Gasteiger partial charge in [-0.2, -0.15) is 5.10 Å². The van der Waals surface area contributed by atoms with Crippen molar-refractivity contribution in [1.29, 1.82) is 0 Å². The molecule has 0 spiro atoms. The van der Waals surface area contributed by atoms with Crippen LogP contribution in [0.15, 0.2) is 53.6 Å². The van der Waals surface area contributed by atoms with Crippen LogP contribution >= 0.6 is 0 Å². The number of sulfonamides is 1. The molecule has 0 aliphatic rings. The molecule has 0 aliphatic carbocycles. The van der Waals surface area contributed by atoms with Crippen molar-refractivity contribution in [2.75, 3.05) is 24.2 Å². The van der Waals surface area contributed by atoms with Gasteiger partial charge in [0.15, 0.2) is 6.61 Å². The van der Waals surface area contributed by atoms with Crippen LogP contribution in [-0.2, 0) is 14.8 Å². The van der Waals surface area contributed by atoms with Crippen LogP contribution in [0.1, 0.15) is 15.9 Å². The van der Waals surface area contributed by atoms with Gasteiger partial charge in [0.25, 0.3) is 11.8 Å². The van der Waals surface area contributed by atoms with Crippen molar-refractivity contribution in [2.45, 2.75) is 0 Å². The van der Waals surface area contributed by atoms with E-state index in [0.717, 1.165) is 10.6 Å². The van der Waals surface area contributed by atoms with Crippen molar-refractivity contribution in [3.8, 4) is 5.75 Å². The fourth-order valence-corrected chi connectivity index (χ4v) is 2.55. The Morgan fingerprint density at radius 2 is 1.75 bits per heavy atom. The summed E-state index contributed by atoms with van der Waals surface area (Å²) in [6.07, 6.45) is 2.54. The Morgan fingerprint density at radius 1 is 1.14 bits per heavy atom. The fraction of sp³-hybridized carbons (Fsp3) is 0.167. The smallest absolute Gasteiger partial charge is 0.271 e. The average molecular weight is 404 g/mol. The molecule has 0 unspecified atom stereocenters. The molecule has 0 aliphatic heterocycles. The van der Waals surface area contributed by atoms with E-state index in [-0.39, 0.29) is 6.61 Å². The maximum absolute atomic E-state index is 12.1. The molecular formula is C18H20N4O5S. The van der Waals surface area contributed by atoms with E-state index in [2.05, 4.69) is 10.5 Å². The maximum atomic E-state index is 12.1. The molecule has 0 aromatic heterocycles. The van der Waals surface area contributed by atoms with Crippen LogP contribution in [0.25, 0.3) is 0 Å². The molecule has 3 N–H and O–H groups in total. The zero-order valence-corrected chi connectivity index (χ0v) is 16.1. The molecule has 0 saturated carbocycles. The van der Waals surface area contributed by atoms with Gasteiger partial charge in [-0.3, -0.25) is 13.9 Å². The minimum atomic E-state index is -3.37. The normalized spacial score (nSPS) is 11.2. The highest BCUT2D eigenvalue weighted by atomic mass is 32.2. The standard InChI is InChI=1S/C18H20N4O5S/c1-22(28(2,25)26)15-7-5-14(6-8-15)18(24)21-20-11-13-3-9-16(10-4-13)27-12-17(19)23/h3-11H,12H2,1-2H3,(H2,19,23)(H,21,24)/b20-11-. The number of nitrogens with one attached hydrogen (secondary N) is 1. The number of rotatable bonds is 8. The predicted octanol–water partition coefficient (Wildman–Crippen LogP) is 0.710. The second-order valence-electron chi connectivity index (χ2n) is 5.80. The molecule has 28 heavy (non-hydrogen) atoms. The van der Waals surface area contributed by atoms with Crippen molar-refractivity contribution >= 4 is 33.7 Å². The highest BCUT2D eigenvalue weighted by Gasteiger charge is 2.12. The molecule has 9 nitrogen and oxygen atoms in total. The number of hydrogen-bond donors (Lipinski definition) is 2. The molecule has 2 aromatic carbocycles. The summed E-state index contributed by atoms with van der Waals surface area (Å²) in [5.41, 5.74) is 8.87. The van der Waals surface area contributed by atoms with Crippen molar-refractivity contribution < 1.29 is 22.7 Å². The third-order valence-electron chi connectivity index (χ3n) is 3.63. The van der Waals surface area contributed by atoms with Crippen molar-refractivity contribution in [1.82, 2.24) is 5.43 Å². The summed E-state index contributed by atoms with van der Waals surface area (Å²) in [6, 6.07) is 12.8. The third-order valence-corrected chi connectivity index (χ3v) is 4.84. The minimum Gasteiger partial charge on any atom is -0.484 e. The lowest BCUT2D eigenvalue weighted by Crippen LogP contribution is -2.25. The molecule has 10 heteroatoms. The van der Waals surface area contributed by atoms with E-state index in [1.807, 2.05) is 0 Å². The van der Waals surface area contributed by atoms with Crippen LogP contribution in [0.5, 0.6) is 5.75 Å². The first-order chi connectivity index (χ1) is 13.2. The van der Waals surface area contributed by atoms with E-state index in [1.165, 1.54) is 37.5 Å². The van der Waals surface area contributed by atoms with Crippen LogP contribution in [0.2, 0.25) is 0 Å². The van der Waals surface area contributed by atoms with Crippen LogP contribution in [0.3, 0.4) is 0 Å². The summed E-state index contributed by atoms with van der Waals surface area (Å²) in [6.45, 7) is -0.206. The highest BCUT2D eigenvalue weighted by molar-refractivity contribution is 7.92. The molecule has 2 rings (SSSR count). The van der Waals surface area contributed by atoms with Crippen molar-refractivity contribution in [2.24, 2.45) is 10.8 Å². The number of nitrogens with two attached hydrogens (primary N) is 1. The Bertz CT molecular complexity index is 970. The molecule has 0 radical (unpaired) electrons. The summed E-state index contributed by atoms with van der Waals surface area (Å²) in [5, 5.41) is 3.87. The predicted molar refractivity (Wildman–Crippen MR) is 106 cm³/mol. The Balaban J connectivity index is 1.93. The summed E-state index contributed by atoms with van der Waals surface area (Å²) in [4.78, 5) is 22.8. The average Bonchev–Trinajstić information content (AvgIpc) is 2.66. The first-order valence-electron chi connectivity index (χ1n) is 8.05. The molecule has 0 saturated heterocycles. The Hall–Kier alpha value is -3.40. The molecule has 2 aromatic rings. The molecule has 0 fully saturated rings. The Morgan fingerprint density at radius 3 is 2.29 bits per heavy atom. The summed E-state index contributed by atoms with van der Waals surface area (Å²) < 4.78 is 29.3. The van der Waals surface area contributed by atoms with Crippen LogP contribution in [0, 0.1) is 0 Å². The summed E-state index contributed by atoms with van der Waals surface area (Å²) in [5.74, 6) is -0.519. The quantitative estimate of drug-likeness (QED) is 0.494. The van der Waals surface area contributed by atoms with Gasteiger partial charge in [0.1, 0.15) is 5.75 Å². The molecule has 148 valence electrons. The van der Waals surface area contributed by atoms with Gasteiger partial charge in [-0.25, -0.2) is 13.8 Å². The lowest BCUT2D eigenvalue weighted by atomic mass is 10.2. The van der Waals surface area contributed by atoms with Gasteiger partial charge in [-0.1, -0.05) is 0 Å². The number of ether oxygens (including phenoxy) is 1. The summed E-state index contributed by atoms with van der Waals surface area (Å²) >= 11 is 0. The van der Waals surface area contributed by atoms with Crippen LogP contribution < -0.4 is 20.2 Å². The SMILES string of the molecule is CN(c1ccc(C(=O)N/N=C\c2ccc(OCC(N)=O)cc2)cc1)S(C)(=O)=O. The van der Waals surface area contributed by atoms with E-state index >= 15 is 0 Å². The lowest BCUT2D eigenvalue weighted by Gasteiger charge is -2.16. The van der Waals surface area contributed by atoms with Gasteiger partial charge in [-0.05, 0) is 54.1 Å². The Kier molecular flexibility index (Phi) is 6.72. The number of primary amides is 1. The molecule has 2 amide bonds. The number of amides is 2. The second-order valence-corrected chi connectivity index (χ2v) is 7.81. The molecule has 0 bridgehead atoms. The number of carbonyl (C=O) groups excluding carboxylic acids is 2. The number of anilines is 1. The second kappa shape index (κ2) is 9.00. The minimum absolute atomic E-state index is 0.206.